The lowest BCUT2D eigenvalue weighted by atomic mass is 10.1. The average Bonchev–Trinajstić information content (AvgIpc) is 2.48. The van der Waals surface area contributed by atoms with E-state index in [0.29, 0.717) is 18.0 Å². The van der Waals surface area contributed by atoms with Gasteiger partial charge < -0.3 is 10.2 Å². The fourth-order valence-corrected chi connectivity index (χ4v) is 2.56. The Morgan fingerprint density at radius 3 is 2.23 bits per heavy atom. The Balaban J connectivity index is 1.95. The summed E-state index contributed by atoms with van der Waals surface area (Å²) in [5.74, 6) is -0.0138. The molecule has 0 spiro atoms. The molecule has 0 radical (unpaired) electrons. The van der Waals surface area contributed by atoms with Gasteiger partial charge in [0.25, 0.3) is 0 Å². The van der Waals surface area contributed by atoms with Gasteiger partial charge in [0.05, 0.1) is 20.5 Å². The van der Waals surface area contributed by atoms with E-state index >= 15 is 0 Å². The molecule has 2 rings (SSSR count). The summed E-state index contributed by atoms with van der Waals surface area (Å²) in [6, 6.07) is 15.7. The van der Waals surface area contributed by atoms with Crippen LogP contribution in [0.3, 0.4) is 0 Å². The maximum atomic E-state index is 12.1. The predicted molar refractivity (Wildman–Crippen MR) is 90.0 cm³/mol. The quantitative estimate of drug-likeness (QED) is 0.837. The van der Waals surface area contributed by atoms with Gasteiger partial charge in [-0.25, -0.2) is 0 Å². The summed E-state index contributed by atoms with van der Waals surface area (Å²) in [4.78, 5) is 13.5. The van der Waals surface area contributed by atoms with Crippen LogP contribution in [0.2, 0.25) is 5.02 Å². The SMILES string of the molecule is C[NH+](C)Cc1ccccc1CNC(=O)Cc1ccccc1Cl. The van der Waals surface area contributed by atoms with Crippen molar-refractivity contribution in [2.24, 2.45) is 0 Å². The van der Waals surface area contributed by atoms with Crippen molar-refractivity contribution in [3.8, 4) is 0 Å². The van der Waals surface area contributed by atoms with Crippen LogP contribution in [0.25, 0.3) is 0 Å². The van der Waals surface area contributed by atoms with E-state index in [4.69, 9.17) is 11.6 Å². The predicted octanol–water partition coefficient (Wildman–Crippen LogP) is 1.84. The van der Waals surface area contributed by atoms with E-state index in [-0.39, 0.29) is 5.91 Å². The number of carbonyl (C=O) groups is 1. The molecule has 0 saturated carbocycles. The zero-order valence-electron chi connectivity index (χ0n) is 13.0. The Bertz CT molecular complexity index is 640. The molecule has 0 aromatic heterocycles. The molecule has 0 bridgehead atoms. The number of quaternary nitrogens is 1. The lowest BCUT2D eigenvalue weighted by molar-refractivity contribution is -0.872. The Kier molecular flexibility index (Phi) is 5.99. The summed E-state index contributed by atoms with van der Waals surface area (Å²) in [6.07, 6.45) is 0.306. The summed E-state index contributed by atoms with van der Waals surface area (Å²) < 4.78 is 0. The van der Waals surface area contributed by atoms with Gasteiger partial charge in [-0.15, -0.1) is 0 Å². The highest BCUT2D eigenvalue weighted by Crippen LogP contribution is 2.15. The van der Waals surface area contributed by atoms with Crippen LogP contribution >= 0.6 is 11.6 Å². The van der Waals surface area contributed by atoms with Gasteiger partial charge in [0.15, 0.2) is 0 Å². The second kappa shape index (κ2) is 7.97. The zero-order valence-corrected chi connectivity index (χ0v) is 13.8. The third kappa shape index (κ3) is 4.86. The zero-order chi connectivity index (χ0) is 15.9. The molecule has 0 atom stereocenters. The van der Waals surface area contributed by atoms with Crippen molar-refractivity contribution in [1.82, 2.24) is 5.32 Å². The Morgan fingerprint density at radius 2 is 1.59 bits per heavy atom. The maximum Gasteiger partial charge on any atom is 0.224 e. The second-order valence-corrected chi connectivity index (χ2v) is 6.10. The first kappa shape index (κ1) is 16.5. The van der Waals surface area contributed by atoms with Gasteiger partial charge in [-0.1, -0.05) is 54.1 Å². The van der Waals surface area contributed by atoms with Crippen LogP contribution in [0.15, 0.2) is 48.5 Å². The van der Waals surface area contributed by atoms with Crippen molar-refractivity contribution in [2.75, 3.05) is 14.1 Å². The van der Waals surface area contributed by atoms with Crippen molar-refractivity contribution < 1.29 is 9.69 Å². The smallest absolute Gasteiger partial charge is 0.224 e. The van der Waals surface area contributed by atoms with Crippen molar-refractivity contribution in [1.29, 1.82) is 0 Å². The minimum Gasteiger partial charge on any atom is -0.352 e. The molecule has 1 amide bonds. The molecule has 3 nitrogen and oxygen atoms in total. The van der Waals surface area contributed by atoms with Gasteiger partial charge in [0.2, 0.25) is 5.91 Å². The highest BCUT2D eigenvalue weighted by molar-refractivity contribution is 6.31. The summed E-state index contributed by atoms with van der Waals surface area (Å²) >= 11 is 6.09. The molecule has 2 aromatic rings. The van der Waals surface area contributed by atoms with E-state index in [1.54, 1.807) is 6.07 Å². The lowest BCUT2D eigenvalue weighted by Gasteiger charge is -2.13. The number of carbonyl (C=O) groups excluding carboxylic acids is 1. The molecule has 0 aliphatic rings. The van der Waals surface area contributed by atoms with E-state index in [1.807, 2.05) is 30.3 Å². The molecule has 2 N–H and O–H groups in total. The van der Waals surface area contributed by atoms with Crippen molar-refractivity contribution in [2.45, 2.75) is 19.5 Å². The Hall–Kier alpha value is -1.84. The molecule has 0 aliphatic carbocycles. The summed E-state index contributed by atoms with van der Waals surface area (Å²) in [5, 5.41) is 3.62. The Labute approximate surface area is 136 Å². The molecular weight excluding hydrogens is 296 g/mol. The van der Waals surface area contributed by atoms with Gasteiger partial charge in [-0.3, -0.25) is 4.79 Å². The number of halogens is 1. The van der Waals surface area contributed by atoms with Crippen molar-refractivity contribution in [3.63, 3.8) is 0 Å². The topological polar surface area (TPSA) is 33.5 Å². The van der Waals surface area contributed by atoms with E-state index in [2.05, 4.69) is 31.5 Å². The molecule has 22 heavy (non-hydrogen) atoms. The van der Waals surface area contributed by atoms with E-state index in [0.717, 1.165) is 17.7 Å². The van der Waals surface area contributed by atoms with Crippen molar-refractivity contribution in [3.05, 3.63) is 70.2 Å². The average molecular weight is 318 g/mol. The molecule has 0 aliphatic heterocycles. The molecule has 0 unspecified atom stereocenters. The fourth-order valence-electron chi connectivity index (χ4n) is 2.35. The number of hydrogen-bond acceptors (Lipinski definition) is 1. The highest BCUT2D eigenvalue weighted by atomic mass is 35.5. The van der Waals surface area contributed by atoms with Gasteiger partial charge in [0, 0.05) is 17.1 Å². The van der Waals surface area contributed by atoms with Crippen LogP contribution < -0.4 is 10.2 Å². The number of benzene rings is 2. The monoisotopic (exact) mass is 317 g/mol. The standard InChI is InChI=1S/C18H21ClN2O/c1-21(2)13-16-9-4-3-8-15(16)12-20-18(22)11-14-7-5-6-10-17(14)19/h3-10H,11-13H2,1-2H3,(H,20,22)/p+1. The molecule has 2 aromatic carbocycles. The number of hydrogen-bond donors (Lipinski definition) is 2. The maximum absolute atomic E-state index is 12.1. The largest absolute Gasteiger partial charge is 0.352 e. The fraction of sp³-hybridized carbons (Fsp3) is 0.278. The molecule has 0 heterocycles. The van der Waals surface area contributed by atoms with Crippen LogP contribution in [0, 0.1) is 0 Å². The first-order valence-corrected chi connectivity index (χ1v) is 7.80. The van der Waals surface area contributed by atoms with Gasteiger partial charge >= 0.3 is 0 Å². The minimum atomic E-state index is -0.0138. The van der Waals surface area contributed by atoms with Crippen LogP contribution in [0.4, 0.5) is 0 Å². The molecule has 116 valence electrons. The summed E-state index contributed by atoms with van der Waals surface area (Å²) in [6.45, 7) is 1.49. The molecular formula is C18H22ClN2O+. The van der Waals surface area contributed by atoms with E-state index < -0.39 is 0 Å². The normalized spacial score (nSPS) is 10.7. The van der Waals surface area contributed by atoms with E-state index in [9.17, 15) is 4.79 Å². The lowest BCUT2D eigenvalue weighted by Crippen LogP contribution is -3.04. The van der Waals surface area contributed by atoms with Crippen molar-refractivity contribution >= 4 is 17.5 Å². The van der Waals surface area contributed by atoms with Crippen LogP contribution in [-0.2, 0) is 24.3 Å². The van der Waals surface area contributed by atoms with Gasteiger partial charge in [0.1, 0.15) is 6.54 Å². The highest BCUT2D eigenvalue weighted by Gasteiger charge is 2.09. The molecule has 4 heteroatoms. The second-order valence-electron chi connectivity index (χ2n) is 5.70. The van der Waals surface area contributed by atoms with Gasteiger partial charge in [-0.2, -0.15) is 0 Å². The number of rotatable bonds is 6. The number of nitrogens with one attached hydrogen (secondary N) is 2. The van der Waals surface area contributed by atoms with E-state index in [1.165, 1.54) is 10.5 Å². The summed E-state index contributed by atoms with van der Waals surface area (Å²) in [5.41, 5.74) is 3.28. The summed E-state index contributed by atoms with van der Waals surface area (Å²) in [7, 11) is 4.24. The first-order chi connectivity index (χ1) is 10.6. The third-order valence-electron chi connectivity index (χ3n) is 3.45. The van der Waals surface area contributed by atoms with Gasteiger partial charge in [-0.05, 0) is 17.2 Å². The Morgan fingerprint density at radius 1 is 1.00 bits per heavy atom. The first-order valence-electron chi connectivity index (χ1n) is 7.42. The molecule has 0 fully saturated rings. The van der Waals surface area contributed by atoms with Crippen LogP contribution in [0.5, 0.6) is 0 Å². The van der Waals surface area contributed by atoms with Crippen LogP contribution in [-0.4, -0.2) is 20.0 Å². The minimum absolute atomic E-state index is 0.0138. The third-order valence-corrected chi connectivity index (χ3v) is 3.82. The molecule has 0 saturated heterocycles. The number of amides is 1. The van der Waals surface area contributed by atoms with Crippen LogP contribution in [0.1, 0.15) is 16.7 Å².